The molecule has 0 heterocycles. The second-order valence-corrected chi connectivity index (χ2v) is 6.35. The summed E-state index contributed by atoms with van der Waals surface area (Å²) in [5.74, 6) is -2.53. The minimum absolute atomic E-state index is 0.0687. The van der Waals surface area contributed by atoms with E-state index in [1.807, 2.05) is 44.2 Å². The van der Waals surface area contributed by atoms with E-state index in [0.29, 0.717) is 6.42 Å². The van der Waals surface area contributed by atoms with Gasteiger partial charge in [-0.3, -0.25) is 14.4 Å². The molecule has 8 nitrogen and oxygen atoms in total. The maximum atomic E-state index is 12.3. The summed E-state index contributed by atoms with van der Waals surface area (Å²) < 4.78 is 5.11. The van der Waals surface area contributed by atoms with E-state index in [1.54, 1.807) is 0 Å². The molecule has 0 saturated carbocycles. The van der Waals surface area contributed by atoms with Crippen molar-refractivity contribution in [3.8, 4) is 0 Å². The smallest absolute Gasteiger partial charge is 0.408 e. The molecular weight excluding hydrogens is 338 g/mol. The summed E-state index contributed by atoms with van der Waals surface area (Å²) in [6, 6.07) is 7.14. The third-order valence-corrected chi connectivity index (χ3v) is 3.52. The summed E-state index contributed by atoms with van der Waals surface area (Å²) in [6.07, 6.45) is -0.410. The van der Waals surface area contributed by atoms with Crippen molar-refractivity contribution in [2.24, 2.45) is 11.7 Å². The Bertz CT molecular complexity index is 645. The highest BCUT2D eigenvalue weighted by atomic mass is 16.5. The van der Waals surface area contributed by atoms with Crippen molar-refractivity contribution in [3.05, 3.63) is 35.9 Å². The highest BCUT2D eigenvalue weighted by Gasteiger charge is 2.27. The Labute approximate surface area is 152 Å². The summed E-state index contributed by atoms with van der Waals surface area (Å²) in [7, 11) is 0. The van der Waals surface area contributed by atoms with Crippen LogP contribution in [0.4, 0.5) is 4.79 Å². The molecule has 26 heavy (non-hydrogen) atoms. The number of nitrogens with two attached hydrogens (primary N) is 1. The second kappa shape index (κ2) is 10.2. The third kappa shape index (κ3) is 7.33. The minimum Gasteiger partial charge on any atom is -0.445 e. The van der Waals surface area contributed by atoms with Crippen LogP contribution in [0.15, 0.2) is 30.3 Å². The second-order valence-electron chi connectivity index (χ2n) is 6.35. The molecule has 4 N–H and O–H groups in total. The van der Waals surface area contributed by atoms with E-state index < -0.39 is 35.8 Å². The van der Waals surface area contributed by atoms with E-state index in [9.17, 15) is 19.2 Å². The zero-order chi connectivity index (χ0) is 19.7. The van der Waals surface area contributed by atoms with Gasteiger partial charge in [0.2, 0.25) is 11.7 Å². The SMILES string of the molecule is CC(C)C[C@H](NC(=O)OCc1ccccc1)C(=O)NC(C)C(=O)C(N)=O. The van der Waals surface area contributed by atoms with Gasteiger partial charge in [-0.1, -0.05) is 44.2 Å². The number of hydrogen-bond acceptors (Lipinski definition) is 5. The topological polar surface area (TPSA) is 128 Å². The summed E-state index contributed by atoms with van der Waals surface area (Å²) in [4.78, 5) is 46.7. The molecule has 0 radical (unpaired) electrons. The average Bonchev–Trinajstić information content (AvgIpc) is 2.59. The number of amides is 3. The fraction of sp³-hybridized carbons (Fsp3) is 0.444. The first-order chi connectivity index (χ1) is 12.2. The maximum absolute atomic E-state index is 12.3. The van der Waals surface area contributed by atoms with Gasteiger partial charge in [0, 0.05) is 0 Å². The number of rotatable bonds is 9. The van der Waals surface area contributed by atoms with Crippen LogP contribution < -0.4 is 16.4 Å². The number of ketones is 1. The van der Waals surface area contributed by atoms with Gasteiger partial charge in [-0.15, -0.1) is 0 Å². The van der Waals surface area contributed by atoms with Crippen LogP contribution in [0, 0.1) is 5.92 Å². The van der Waals surface area contributed by atoms with E-state index >= 15 is 0 Å². The van der Waals surface area contributed by atoms with Crippen LogP contribution in [0.3, 0.4) is 0 Å². The van der Waals surface area contributed by atoms with E-state index in [1.165, 1.54) is 6.92 Å². The number of ether oxygens (including phenoxy) is 1. The molecule has 0 aliphatic heterocycles. The highest BCUT2D eigenvalue weighted by molar-refractivity contribution is 6.37. The van der Waals surface area contributed by atoms with Crippen molar-refractivity contribution in [3.63, 3.8) is 0 Å². The van der Waals surface area contributed by atoms with Gasteiger partial charge >= 0.3 is 6.09 Å². The number of Topliss-reactive ketones (excluding diaryl/α,β-unsaturated/α-hetero) is 1. The number of alkyl carbamates (subject to hydrolysis) is 1. The van der Waals surface area contributed by atoms with Crippen LogP contribution >= 0.6 is 0 Å². The Hall–Kier alpha value is -2.90. The predicted octanol–water partition coefficient (Wildman–Crippen LogP) is 0.887. The van der Waals surface area contributed by atoms with Crippen molar-refractivity contribution in [1.29, 1.82) is 0 Å². The fourth-order valence-electron chi connectivity index (χ4n) is 2.20. The molecule has 0 bridgehead atoms. The lowest BCUT2D eigenvalue weighted by molar-refractivity contribution is -0.138. The van der Waals surface area contributed by atoms with Crippen LogP contribution in [0.2, 0.25) is 0 Å². The van der Waals surface area contributed by atoms with Crippen LogP contribution in [-0.4, -0.2) is 35.8 Å². The van der Waals surface area contributed by atoms with Crippen LogP contribution in [-0.2, 0) is 25.7 Å². The Balaban J connectivity index is 2.64. The Kier molecular flexibility index (Phi) is 8.27. The lowest BCUT2D eigenvalue weighted by Gasteiger charge is -2.21. The summed E-state index contributed by atoms with van der Waals surface area (Å²) in [5.41, 5.74) is 5.73. The molecule has 2 atom stereocenters. The Morgan fingerprint density at radius 1 is 1.04 bits per heavy atom. The maximum Gasteiger partial charge on any atom is 0.408 e. The first-order valence-electron chi connectivity index (χ1n) is 8.32. The average molecular weight is 363 g/mol. The zero-order valence-corrected chi connectivity index (χ0v) is 15.2. The van der Waals surface area contributed by atoms with Crippen LogP contribution in [0.5, 0.6) is 0 Å². The summed E-state index contributed by atoms with van der Waals surface area (Å²) >= 11 is 0. The lowest BCUT2D eigenvalue weighted by atomic mass is 10.0. The minimum atomic E-state index is -1.13. The number of carbonyl (C=O) groups excluding carboxylic acids is 4. The van der Waals surface area contributed by atoms with Gasteiger partial charge in [-0.05, 0) is 24.8 Å². The number of carbonyl (C=O) groups is 4. The largest absolute Gasteiger partial charge is 0.445 e. The van der Waals surface area contributed by atoms with Gasteiger partial charge in [0.15, 0.2) is 0 Å². The molecule has 0 aromatic heterocycles. The molecule has 0 saturated heterocycles. The van der Waals surface area contributed by atoms with Crippen LogP contribution in [0.1, 0.15) is 32.8 Å². The molecule has 142 valence electrons. The monoisotopic (exact) mass is 363 g/mol. The summed E-state index contributed by atoms with van der Waals surface area (Å²) in [5, 5.41) is 4.88. The molecular formula is C18H25N3O5. The molecule has 1 aromatic carbocycles. The van der Waals surface area contributed by atoms with Crippen molar-refractivity contribution in [2.75, 3.05) is 0 Å². The third-order valence-electron chi connectivity index (χ3n) is 3.52. The Morgan fingerprint density at radius 3 is 2.19 bits per heavy atom. The normalized spacial score (nSPS) is 12.8. The van der Waals surface area contributed by atoms with Crippen LogP contribution in [0.25, 0.3) is 0 Å². The predicted molar refractivity (Wildman–Crippen MR) is 94.8 cm³/mol. The molecule has 1 rings (SSSR count). The number of nitrogens with one attached hydrogen (secondary N) is 2. The first-order valence-corrected chi connectivity index (χ1v) is 8.32. The summed E-state index contributed by atoms with van der Waals surface area (Å²) in [6.45, 7) is 5.19. The van der Waals surface area contributed by atoms with Gasteiger partial charge in [0.1, 0.15) is 12.6 Å². The molecule has 0 spiro atoms. The molecule has 8 heteroatoms. The van der Waals surface area contributed by atoms with Crippen molar-refractivity contribution < 1.29 is 23.9 Å². The molecule has 0 fully saturated rings. The van der Waals surface area contributed by atoms with Gasteiger partial charge in [0.05, 0.1) is 6.04 Å². The standard InChI is InChI=1S/C18H25N3O5/c1-11(2)9-14(17(24)20-12(3)15(22)16(19)23)21-18(25)26-10-13-7-5-4-6-8-13/h4-8,11-12,14H,9-10H2,1-3H3,(H2,19,23)(H,20,24)(H,21,25)/t12?,14-/m0/s1. The first kappa shape index (κ1) is 21.1. The van der Waals surface area contributed by atoms with E-state index in [2.05, 4.69) is 10.6 Å². The van der Waals surface area contributed by atoms with Gasteiger partial charge in [-0.25, -0.2) is 4.79 Å². The quantitative estimate of drug-likeness (QED) is 0.561. The van der Waals surface area contributed by atoms with E-state index in [0.717, 1.165) is 5.56 Å². The fourth-order valence-corrected chi connectivity index (χ4v) is 2.20. The number of hydrogen-bond donors (Lipinski definition) is 3. The molecule has 1 unspecified atom stereocenters. The van der Waals surface area contributed by atoms with Gasteiger partial charge < -0.3 is 21.1 Å². The van der Waals surface area contributed by atoms with Gasteiger partial charge in [0.25, 0.3) is 5.91 Å². The van der Waals surface area contributed by atoms with E-state index in [4.69, 9.17) is 10.5 Å². The zero-order valence-electron chi connectivity index (χ0n) is 15.2. The van der Waals surface area contributed by atoms with Crippen molar-refractivity contribution in [1.82, 2.24) is 10.6 Å². The molecule has 0 aliphatic carbocycles. The Morgan fingerprint density at radius 2 is 1.65 bits per heavy atom. The molecule has 1 aromatic rings. The highest BCUT2D eigenvalue weighted by Crippen LogP contribution is 2.07. The van der Waals surface area contributed by atoms with E-state index in [-0.39, 0.29) is 12.5 Å². The molecule has 0 aliphatic rings. The van der Waals surface area contributed by atoms with Gasteiger partial charge in [-0.2, -0.15) is 0 Å². The number of benzene rings is 1. The molecule has 3 amide bonds. The lowest BCUT2D eigenvalue weighted by Crippen LogP contribution is -2.52. The van der Waals surface area contributed by atoms with Crippen molar-refractivity contribution in [2.45, 2.75) is 45.9 Å². The van der Waals surface area contributed by atoms with Crippen molar-refractivity contribution >= 4 is 23.7 Å². The number of primary amides is 1.